The molecule has 0 atom stereocenters. The average molecular weight is 284 g/mol. The number of anilines is 1. The maximum Gasteiger partial charge on any atom is 0.284 e. The monoisotopic (exact) mass is 284 g/mol. The molecular formula is C16H20N4O. The Morgan fingerprint density at radius 2 is 1.90 bits per heavy atom. The molecule has 21 heavy (non-hydrogen) atoms. The van der Waals surface area contributed by atoms with Crippen LogP contribution in [0.2, 0.25) is 0 Å². The first-order chi connectivity index (χ1) is 10.2. The molecular weight excluding hydrogens is 264 g/mol. The Labute approximate surface area is 124 Å². The van der Waals surface area contributed by atoms with Crippen molar-refractivity contribution in [2.45, 2.75) is 25.7 Å². The fourth-order valence-corrected chi connectivity index (χ4v) is 2.89. The SMILES string of the molecule is CN1CCCCCC1=C1C(=O)N(c2ccccc2)N=C1N. The number of nitrogens with zero attached hydrogens (tertiary/aromatic N) is 3. The van der Waals surface area contributed by atoms with Gasteiger partial charge < -0.3 is 10.6 Å². The highest BCUT2D eigenvalue weighted by Crippen LogP contribution is 2.28. The van der Waals surface area contributed by atoms with Crippen LogP contribution in [-0.2, 0) is 4.79 Å². The molecule has 0 unspecified atom stereocenters. The Balaban J connectivity index is 1.98. The summed E-state index contributed by atoms with van der Waals surface area (Å²) in [7, 11) is 2.03. The molecule has 2 N–H and O–H groups in total. The number of nitrogens with two attached hydrogens (primary N) is 1. The normalized spacial score (nSPS) is 23.3. The molecule has 3 rings (SSSR count). The highest BCUT2D eigenvalue weighted by Gasteiger charge is 2.33. The molecule has 0 aromatic heterocycles. The molecule has 0 aliphatic carbocycles. The smallest absolute Gasteiger partial charge is 0.284 e. The van der Waals surface area contributed by atoms with Gasteiger partial charge in [0.1, 0.15) is 5.57 Å². The summed E-state index contributed by atoms with van der Waals surface area (Å²) < 4.78 is 0. The van der Waals surface area contributed by atoms with E-state index in [1.807, 2.05) is 37.4 Å². The molecule has 2 heterocycles. The van der Waals surface area contributed by atoms with Crippen LogP contribution >= 0.6 is 0 Å². The van der Waals surface area contributed by atoms with Crippen molar-refractivity contribution in [1.29, 1.82) is 0 Å². The first kappa shape index (κ1) is 13.7. The number of allylic oxidation sites excluding steroid dienone is 1. The Morgan fingerprint density at radius 3 is 2.67 bits per heavy atom. The lowest BCUT2D eigenvalue weighted by Crippen LogP contribution is -2.28. The minimum absolute atomic E-state index is 0.123. The lowest BCUT2D eigenvalue weighted by atomic mass is 10.1. The first-order valence-electron chi connectivity index (χ1n) is 7.36. The van der Waals surface area contributed by atoms with E-state index in [2.05, 4.69) is 10.0 Å². The third-order valence-corrected chi connectivity index (χ3v) is 4.03. The van der Waals surface area contributed by atoms with Gasteiger partial charge in [-0.05, 0) is 31.4 Å². The molecule has 0 radical (unpaired) electrons. The lowest BCUT2D eigenvalue weighted by Gasteiger charge is -2.21. The summed E-state index contributed by atoms with van der Waals surface area (Å²) in [6.45, 7) is 0.963. The van der Waals surface area contributed by atoms with Crippen LogP contribution in [0.15, 0.2) is 46.7 Å². The Kier molecular flexibility index (Phi) is 3.64. The van der Waals surface area contributed by atoms with Gasteiger partial charge in [-0.2, -0.15) is 5.01 Å². The predicted molar refractivity (Wildman–Crippen MR) is 83.7 cm³/mol. The predicted octanol–water partition coefficient (Wildman–Crippen LogP) is 2.07. The number of carbonyl (C=O) groups excluding carboxylic acids is 1. The largest absolute Gasteiger partial charge is 0.382 e. The van der Waals surface area contributed by atoms with Crippen LogP contribution < -0.4 is 10.7 Å². The fourth-order valence-electron chi connectivity index (χ4n) is 2.89. The second-order valence-corrected chi connectivity index (χ2v) is 5.49. The number of amides is 1. The van der Waals surface area contributed by atoms with Crippen molar-refractivity contribution in [3.8, 4) is 0 Å². The summed E-state index contributed by atoms with van der Waals surface area (Å²) in [5.74, 6) is 0.204. The standard InChI is InChI=1S/C16H20N4O/c1-19-11-7-3-6-10-13(19)14-15(17)18-20(16(14)21)12-8-4-2-5-9-12/h2,4-5,8-9H,3,6-7,10-11H2,1H3,(H2,17,18). The van der Waals surface area contributed by atoms with Crippen molar-refractivity contribution >= 4 is 17.4 Å². The van der Waals surface area contributed by atoms with E-state index in [9.17, 15) is 4.79 Å². The lowest BCUT2D eigenvalue weighted by molar-refractivity contribution is -0.114. The van der Waals surface area contributed by atoms with Gasteiger partial charge in [-0.1, -0.05) is 24.6 Å². The zero-order valence-electron chi connectivity index (χ0n) is 12.2. The van der Waals surface area contributed by atoms with Crippen molar-refractivity contribution in [1.82, 2.24) is 4.90 Å². The number of amidine groups is 1. The van der Waals surface area contributed by atoms with E-state index in [0.29, 0.717) is 11.4 Å². The summed E-state index contributed by atoms with van der Waals surface area (Å²) in [5, 5.41) is 5.65. The van der Waals surface area contributed by atoms with Crippen LogP contribution in [0.3, 0.4) is 0 Å². The van der Waals surface area contributed by atoms with Crippen LogP contribution in [0.25, 0.3) is 0 Å². The minimum atomic E-state index is -0.123. The molecule has 2 aliphatic heterocycles. The Bertz CT molecular complexity index is 606. The minimum Gasteiger partial charge on any atom is -0.382 e. The van der Waals surface area contributed by atoms with Gasteiger partial charge in [-0.15, -0.1) is 5.10 Å². The summed E-state index contributed by atoms with van der Waals surface area (Å²) in [6.07, 6.45) is 4.32. The van der Waals surface area contributed by atoms with Gasteiger partial charge in [0.2, 0.25) is 0 Å². The van der Waals surface area contributed by atoms with Gasteiger partial charge >= 0.3 is 0 Å². The van der Waals surface area contributed by atoms with Crippen LogP contribution in [-0.4, -0.2) is 30.2 Å². The average Bonchev–Trinajstić information content (AvgIpc) is 2.65. The number of hydrogen-bond acceptors (Lipinski definition) is 4. The summed E-state index contributed by atoms with van der Waals surface area (Å²) in [4.78, 5) is 14.9. The highest BCUT2D eigenvalue weighted by atomic mass is 16.2. The van der Waals surface area contributed by atoms with E-state index in [1.165, 1.54) is 11.4 Å². The molecule has 0 saturated carbocycles. The van der Waals surface area contributed by atoms with Crippen LogP contribution in [0, 0.1) is 0 Å². The van der Waals surface area contributed by atoms with Gasteiger partial charge in [-0.3, -0.25) is 4.79 Å². The molecule has 1 amide bonds. The molecule has 5 heteroatoms. The van der Waals surface area contributed by atoms with E-state index < -0.39 is 0 Å². The number of rotatable bonds is 1. The highest BCUT2D eigenvalue weighted by molar-refractivity contribution is 6.29. The van der Waals surface area contributed by atoms with Crippen LogP contribution in [0.4, 0.5) is 5.69 Å². The van der Waals surface area contributed by atoms with Crippen molar-refractivity contribution in [2.24, 2.45) is 10.8 Å². The second kappa shape index (κ2) is 5.60. The van der Waals surface area contributed by atoms with E-state index in [1.54, 1.807) is 0 Å². The quantitative estimate of drug-likeness (QED) is 0.803. The van der Waals surface area contributed by atoms with Gasteiger partial charge in [-0.25, -0.2) is 0 Å². The number of benzene rings is 1. The molecule has 0 bridgehead atoms. The first-order valence-corrected chi connectivity index (χ1v) is 7.36. The fraction of sp³-hybridized carbons (Fsp3) is 0.375. The third-order valence-electron chi connectivity index (χ3n) is 4.03. The molecule has 1 aromatic rings. The van der Waals surface area contributed by atoms with E-state index in [4.69, 9.17) is 5.73 Å². The number of para-hydroxylation sites is 1. The summed E-state index contributed by atoms with van der Waals surface area (Å²) in [5.41, 5.74) is 8.39. The van der Waals surface area contributed by atoms with Gasteiger partial charge in [0, 0.05) is 19.3 Å². The topological polar surface area (TPSA) is 61.9 Å². The van der Waals surface area contributed by atoms with E-state index >= 15 is 0 Å². The Hall–Kier alpha value is -2.30. The maximum absolute atomic E-state index is 12.7. The maximum atomic E-state index is 12.7. The zero-order valence-corrected chi connectivity index (χ0v) is 12.2. The number of carbonyl (C=O) groups is 1. The van der Waals surface area contributed by atoms with Crippen molar-refractivity contribution in [3.05, 3.63) is 41.6 Å². The van der Waals surface area contributed by atoms with E-state index in [-0.39, 0.29) is 5.91 Å². The third kappa shape index (κ3) is 2.51. The number of hydrazone groups is 1. The molecule has 1 saturated heterocycles. The summed E-state index contributed by atoms with van der Waals surface area (Å²) >= 11 is 0. The van der Waals surface area contributed by atoms with Crippen molar-refractivity contribution in [3.63, 3.8) is 0 Å². The molecule has 5 nitrogen and oxygen atoms in total. The molecule has 0 spiro atoms. The molecule has 110 valence electrons. The number of likely N-dealkylation sites (tertiary alicyclic amines) is 1. The van der Waals surface area contributed by atoms with Gasteiger partial charge in [0.15, 0.2) is 5.84 Å². The van der Waals surface area contributed by atoms with Crippen molar-refractivity contribution in [2.75, 3.05) is 18.6 Å². The Morgan fingerprint density at radius 1 is 1.14 bits per heavy atom. The van der Waals surface area contributed by atoms with Gasteiger partial charge in [0.25, 0.3) is 5.91 Å². The number of hydrogen-bond donors (Lipinski definition) is 1. The molecule has 2 aliphatic rings. The van der Waals surface area contributed by atoms with Crippen molar-refractivity contribution < 1.29 is 4.79 Å². The van der Waals surface area contributed by atoms with Crippen LogP contribution in [0.5, 0.6) is 0 Å². The van der Waals surface area contributed by atoms with Gasteiger partial charge in [0.05, 0.1) is 5.69 Å². The molecule has 1 aromatic carbocycles. The summed E-state index contributed by atoms with van der Waals surface area (Å²) in [6, 6.07) is 9.40. The van der Waals surface area contributed by atoms with E-state index in [0.717, 1.165) is 37.2 Å². The zero-order chi connectivity index (χ0) is 14.8. The van der Waals surface area contributed by atoms with Crippen LogP contribution in [0.1, 0.15) is 25.7 Å². The second-order valence-electron chi connectivity index (χ2n) is 5.49. The molecule has 1 fully saturated rings.